The molecule has 124 valence electrons. The highest BCUT2D eigenvalue weighted by Gasteiger charge is 2.36. The molecule has 2 heterocycles. The molecule has 2 aliphatic heterocycles. The fourth-order valence-electron chi connectivity index (χ4n) is 2.99. The Labute approximate surface area is 133 Å². The van der Waals surface area contributed by atoms with Gasteiger partial charge < -0.3 is 25.2 Å². The molecule has 1 aromatic carbocycles. The quantitative estimate of drug-likeness (QED) is 0.760. The number of likely N-dealkylation sites (tertiary alicyclic amines) is 1. The van der Waals surface area contributed by atoms with E-state index in [0.717, 1.165) is 25.8 Å². The Morgan fingerprint density at radius 1 is 1.26 bits per heavy atom. The summed E-state index contributed by atoms with van der Waals surface area (Å²) < 4.78 is 5.64. The van der Waals surface area contributed by atoms with Crippen LogP contribution in [0.5, 0.6) is 11.5 Å². The third-order valence-electron chi connectivity index (χ3n) is 4.28. The monoisotopic (exact) mass is 320 g/mol. The van der Waals surface area contributed by atoms with Crippen LogP contribution in [-0.2, 0) is 4.79 Å². The van der Waals surface area contributed by atoms with Crippen molar-refractivity contribution in [2.45, 2.75) is 31.4 Å². The van der Waals surface area contributed by atoms with Crippen LogP contribution in [-0.4, -0.2) is 58.8 Å². The molecule has 1 atom stereocenters. The molecule has 2 aliphatic rings. The van der Waals surface area contributed by atoms with Crippen LogP contribution in [0.2, 0.25) is 0 Å². The van der Waals surface area contributed by atoms with Gasteiger partial charge in [-0.3, -0.25) is 4.79 Å². The first-order valence-corrected chi connectivity index (χ1v) is 7.80. The lowest BCUT2D eigenvalue weighted by molar-refractivity contribution is -0.142. The minimum atomic E-state index is -1.24. The molecule has 3 rings (SSSR count). The highest BCUT2D eigenvalue weighted by atomic mass is 16.5. The standard InChI is InChI=1S/C16H20N2O5/c19-12-5-3-6-13(14(12)16(21)22)23-10-8-18(9-10)15(20)11-4-1-2-7-17-11/h3,5-6,10-11,17,19H,1-2,4,7-9H2,(H,21,22). The van der Waals surface area contributed by atoms with Crippen molar-refractivity contribution >= 4 is 11.9 Å². The number of nitrogens with one attached hydrogen (secondary N) is 1. The normalized spacial score (nSPS) is 21.6. The number of piperidine rings is 1. The molecule has 23 heavy (non-hydrogen) atoms. The summed E-state index contributed by atoms with van der Waals surface area (Å²) in [5.74, 6) is -1.35. The Bertz CT molecular complexity index is 606. The first kappa shape index (κ1) is 15.6. The number of hydrogen-bond donors (Lipinski definition) is 3. The number of carbonyl (C=O) groups is 2. The van der Waals surface area contributed by atoms with E-state index >= 15 is 0 Å². The van der Waals surface area contributed by atoms with E-state index in [1.54, 1.807) is 4.90 Å². The van der Waals surface area contributed by atoms with Crippen LogP contribution in [0, 0.1) is 0 Å². The molecule has 3 N–H and O–H groups in total. The summed E-state index contributed by atoms with van der Waals surface area (Å²) in [5.41, 5.74) is -0.244. The molecule has 0 spiro atoms. The molecule has 1 amide bonds. The molecule has 0 bridgehead atoms. The van der Waals surface area contributed by atoms with E-state index in [9.17, 15) is 14.7 Å². The minimum absolute atomic E-state index is 0.0823. The molecule has 1 unspecified atom stereocenters. The predicted molar refractivity (Wildman–Crippen MR) is 81.7 cm³/mol. The van der Waals surface area contributed by atoms with E-state index < -0.39 is 5.97 Å². The summed E-state index contributed by atoms with van der Waals surface area (Å²) in [6.45, 7) is 1.74. The van der Waals surface area contributed by atoms with Gasteiger partial charge in [-0.1, -0.05) is 12.5 Å². The van der Waals surface area contributed by atoms with Gasteiger partial charge in [-0.15, -0.1) is 0 Å². The fraction of sp³-hybridized carbons (Fsp3) is 0.500. The molecule has 0 aliphatic carbocycles. The Hall–Kier alpha value is -2.28. The number of aromatic hydroxyl groups is 1. The molecule has 7 nitrogen and oxygen atoms in total. The molecule has 0 saturated carbocycles. The molecule has 7 heteroatoms. The summed E-state index contributed by atoms with van der Waals surface area (Å²) in [4.78, 5) is 25.2. The second kappa shape index (κ2) is 6.45. The number of carboxylic acid groups (broad SMARTS) is 1. The summed E-state index contributed by atoms with van der Waals surface area (Å²) in [6, 6.07) is 4.24. The van der Waals surface area contributed by atoms with Crippen LogP contribution in [0.25, 0.3) is 0 Å². The predicted octanol–water partition coefficient (Wildman–Crippen LogP) is 0.822. The molecule has 1 aromatic rings. The average molecular weight is 320 g/mol. The maximum Gasteiger partial charge on any atom is 0.343 e. The van der Waals surface area contributed by atoms with Gasteiger partial charge in [-0.2, -0.15) is 0 Å². The van der Waals surface area contributed by atoms with E-state index in [2.05, 4.69) is 5.32 Å². The molecule has 0 radical (unpaired) electrons. The second-order valence-electron chi connectivity index (χ2n) is 5.94. The number of benzene rings is 1. The number of ether oxygens (including phenoxy) is 1. The van der Waals surface area contributed by atoms with Gasteiger partial charge >= 0.3 is 5.97 Å². The van der Waals surface area contributed by atoms with Crippen molar-refractivity contribution in [3.8, 4) is 11.5 Å². The van der Waals surface area contributed by atoms with Crippen molar-refractivity contribution in [3.63, 3.8) is 0 Å². The van der Waals surface area contributed by atoms with Crippen molar-refractivity contribution < 1.29 is 24.5 Å². The van der Waals surface area contributed by atoms with Crippen LogP contribution < -0.4 is 10.1 Å². The lowest BCUT2D eigenvalue weighted by atomic mass is 10.0. The number of rotatable bonds is 4. The fourth-order valence-corrected chi connectivity index (χ4v) is 2.99. The SMILES string of the molecule is O=C(O)c1c(O)cccc1OC1CN(C(=O)C2CCCCN2)C1. The van der Waals surface area contributed by atoms with Crippen LogP contribution in [0.1, 0.15) is 29.6 Å². The van der Waals surface area contributed by atoms with E-state index in [1.807, 2.05) is 0 Å². The number of carboxylic acids is 1. The number of amides is 1. The topological polar surface area (TPSA) is 99.1 Å². The number of nitrogens with zero attached hydrogens (tertiary/aromatic N) is 1. The lowest BCUT2D eigenvalue weighted by Gasteiger charge is -2.41. The van der Waals surface area contributed by atoms with Crippen molar-refractivity contribution in [3.05, 3.63) is 23.8 Å². The van der Waals surface area contributed by atoms with Crippen molar-refractivity contribution in [1.82, 2.24) is 10.2 Å². The lowest BCUT2D eigenvalue weighted by Crippen LogP contribution is -2.61. The molecular weight excluding hydrogens is 300 g/mol. The van der Waals surface area contributed by atoms with Crippen LogP contribution in [0.3, 0.4) is 0 Å². The zero-order valence-electron chi connectivity index (χ0n) is 12.7. The smallest absolute Gasteiger partial charge is 0.343 e. The molecule has 2 fully saturated rings. The van der Waals surface area contributed by atoms with Crippen LogP contribution in [0.4, 0.5) is 0 Å². The number of phenols is 1. The highest BCUT2D eigenvalue weighted by molar-refractivity contribution is 5.94. The minimum Gasteiger partial charge on any atom is -0.507 e. The van der Waals surface area contributed by atoms with Gasteiger partial charge in [0, 0.05) is 0 Å². The van der Waals surface area contributed by atoms with Crippen molar-refractivity contribution in [2.75, 3.05) is 19.6 Å². The first-order valence-electron chi connectivity index (χ1n) is 7.80. The average Bonchev–Trinajstić information content (AvgIpc) is 2.50. The molecule has 0 aromatic heterocycles. The summed E-state index contributed by atoms with van der Waals surface area (Å²) in [5, 5.41) is 22.0. The number of hydrogen-bond acceptors (Lipinski definition) is 5. The molecule has 2 saturated heterocycles. The van der Waals surface area contributed by atoms with Crippen LogP contribution in [0.15, 0.2) is 18.2 Å². The maximum atomic E-state index is 12.3. The largest absolute Gasteiger partial charge is 0.507 e. The van der Waals surface area contributed by atoms with Gasteiger partial charge in [-0.25, -0.2) is 4.79 Å². The van der Waals surface area contributed by atoms with E-state index in [0.29, 0.717) is 13.1 Å². The summed E-state index contributed by atoms with van der Waals surface area (Å²) in [6.07, 6.45) is 2.77. The van der Waals surface area contributed by atoms with E-state index in [-0.39, 0.29) is 35.1 Å². The number of carbonyl (C=O) groups excluding carboxylic acids is 1. The third kappa shape index (κ3) is 3.24. The summed E-state index contributed by atoms with van der Waals surface area (Å²) in [7, 11) is 0. The summed E-state index contributed by atoms with van der Waals surface area (Å²) >= 11 is 0. The Balaban J connectivity index is 1.57. The van der Waals surface area contributed by atoms with Gasteiger partial charge in [-0.05, 0) is 31.5 Å². The second-order valence-corrected chi connectivity index (χ2v) is 5.94. The Morgan fingerprint density at radius 2 is 2.04 bits per heavy atom. The highest BCUT2D eigenvalue weighted by Crippen LogP contribution is 2.29. The Kier molecular flexibility index (Phi) is 4.38. The van der Waals surface area contributed by atoms with E-state index in [1.165, 1.54) is 18.2 Å². The molecular formula is C16H20N2O5. The van der Waals surface area contributed by atoms with Gasteiger partial charge in [0.1, 0.15) is 23.2 Å². The Morgan fingerprint density at radius 3 is 2.70 bits per heavy atom. The van der Waals surface area contributed by atoms with Crippen molar-refractivity contribution in [2.24, 2.45) is 0 Å². The van der Waals surface area contributed by atoms with Crippen LogP contribution >= 0.6 is 0 Å². The maximum absolute atomic E-state index is 12.3. The van der Waals surface area contributed by atoms with Gasteiger partial charge in [0.2, 0.25) is 5.91 Å². The van der Waals surface area contributed by atoms with Gasteiger partial charge in [0.05, 0.1) is 19.1 Å². The van der Waals surface area contributed by atoms with Gasteiger partial charge in [0.15, 0.2) is 0 Å². The number of aromatic carboxylic acids is 1. The van der Waals surface area contributed by atoms with E-state index in [4.69, 9.17) is 9.84 Å². The third-order valence-corrected chi connectivity index (χ3v) is 4.28. The van der Waals surface area contributed by atoms with Gasteiger partial charge in [0.25, 0.3) is 0 Å². The zero-order chi connectivity index (χ0) is 16.4. The first-order chi connectivity index (χ1) is 11.1. The zero-order valence-corrected chi connectivity index (χ0v) is 12.7. The van der Waals surface area contributed by atoms with Crippen molar-refractivity contribution in [1.29, 1.82) is 0 Å².